The predicted octanol–water partition coefficient (Wildman–Crippen LogP) is 2.67. The molecule has 0 bridgehead atoms. The molecule has 0 aliphatic carbocycles. The molecule has 3 rings (SSSR count). The van der Waals surface area contributed by atoms with E-state index in [4.69, 9.17) is 5.73 Å². The molecule has 1 aliphatic rings. The van der Waals surface area contributed by atoms with Crippen molar-refractivity contribution in [3.8, 4) is 0 Å². The van der Waals surface area contributed by atoms with E-state index < -0.39 is 6.04 Å². The SMILES string of the molecule is N[C@@H](C(=O)N1CCCc2ccccc21)c1ccccc1. The van der Waals surface area contributed by atoms with Gasteiger partial charge in [-0.3, -0.25) is 4.79 Å². The predicted molar refractivity (Wildman–Crippen MR) is 80.5 cm³/mol. The van der Waals surface area contributed by atoms with Gasteiger partial charge in [0, 0.05) is 12.2 Å². The maximum absolute atomic E-state index is 12.7. The van der Waals surface area contributed by atoms with Gasteiger partial charge < -0.3 is 10.6 Å². The van der Waals surface area contributed by atoms with Crippen molar-refractivity contribution in [1.29, 1.82) is 0 Å². The lowest BCUT2D eigenvalue weighted by molar-refractivity contribution is -0.120. The first-order chi connectivity index (χ1) is 9.77. The van der Waals surface area contributed by atoms with E-state index in [2.05, 4.69) is 6.07 Å². The number of amides is 1. The van der Waals surface area contributed by atoms with Gasteiger partial charge in [0.05, 0.1) is 0 Å². The number of benzene rings is 2. The van der Waals surface area contributed by atoms with Gasteiger partial charge in [0.15, 0.2) is 0 Å². The van der Waals surface area contributed by atoms with Gasteiger partial charge in [-0.05, 0) is 30.0 Å². The number of aryl methyl sites for hydroxylation is 1. The summed E-state index contributed by atoms with van der Waals surface area (Å²) in [6.07, 6.45) is 2.02. The lowest BCUT2D eigenvalue weighted by atomic mass is 9.99. The molecular formula is C17H18N2O. The molecule has 0 fully saturated rings. The Morgan fingerprint density at radius 1 is 1.05 bits per heavy atom. The second-order valence-corrected chi connectivity index (χ2v) is 5.11. The van der Waals surface area contributed by atoms with Gasteiger partial charge in [0.25, 0.3) is 0 Å². The molecule has 0 saturated heterocycles. The largest absolute Gasteiger partial charge is 0.316 e. The summed E-state index contributed by atoms with van der Waals surface area (Å²) in [5.41, 5.74) is 9.24. The zero-order valence-corrected chi connectivity index (χ0v) is 11.3. The quantitative estimate of drug-likeness (QED) is 0.908. The van der Waals surface area contributed by atoms with Crippen LogP contribution >= 0.6 is 0 Å². The summed E-state index contributed by atoms with van der Waals surface area (Å²) in [7, 11) is 0. The molecule has 2 aromatic carbocycles. The molecule has 1 aliphatic heterocycles. The molecule has 0 spiro atoms. The number of carbonyl (C=O) groups excluding carboxylic acids is 1. The molecule has 0 aromatic heterocycles. The van der Waals surface area contributed by atoms with Crippen molar-refractivity contribution in [3.63, 3.8) is 0 Å². The second kappa shape index (κ2) is 5.47. The van der Waals surface area contributed by atoms with Crippen molar-refractivity contribution in [2.75, 3.05) is 11.4 Å². The van der Waals surface area contributed by atoms with Gasteiger partial charge in [-0.25, -0.2) is 0 Å². The molecule has 3 nitrogen and oxygen atoms in total. The molecular weight excluding hydrogens is 248 g/mol. The second-order valence-electron chi connectivity index (χ2n) is 5.11. The monoisotopic (exact) mass is 266 g/mol. The minimum atomic E-state index is -0.595. The molecule has 0 radical (unpaired) electrons. The Kier molecular flexibility index (Phi) is 3.52. The fourth-order valence-electron chi connectivity index (χ4n) is 2.73. The third kappa shape index (κ3) is 2.32. The highest BCUT2D eigenvalue weighted by Crippen LogP contribution is 2.28. The lowest BCUT2D eigenvalue weighted by Crippen LogP contribution is -2.41. The number of anilines is 1. The van der Waals surface area contributed by atoms with Crippen LogP contribution in [-0.2, 0) is 11.2 Å². The van der Waals surface area contributed by atoms with Crippen molar-refractivity contribution in [3.05, 3.63) is 65.7 Å². The van der Waals surface area contributed by atoms with E-state index >= 15 is 0 Å². The van der Waals surface area contributed by atoms with Crippen LogP contribution in [0.3, 0.4) is 0 Å². The Morgan fingerprint density at radius 3 is 2.55 bits per heavy atom. The summed E-state index contributed by atoms with van der Waals surface area (Å²) in [4.78, 5) is 14.5. The molecule has 102 valence electrons. The maximum atomic E-state index is 12.7. The highest BCUT2D eigenvalue weighted by atomic mass is 16.2. The zero-order chi connectivity index (χ0) is 13.9. The Hall–Kier alpha value is -2.13. The third-order valence-electron chi connectivity index (χ3n) is 3.80. The van der Waals surface area contributed by atoms with E-state index in [0.29, 0.717) is 0 Å². The molecule has 0 saturated carbocycles. The maximum Gasteiger partial charge on any atom is 0.248 e. The summed E-state index contributed by atoms with van der Waals surface area (Å²) in [5, 5.41) is 0. The molecule has 2 N–H and O–H groups in total. The van der Waals surface area contributed by atoms with Gasteiger partial charge >= 0.3 is 0 Å². The minimum Gasteiger partial charge on any atom is -0.316 e. The van der Waals surface area contributed by atoms with Crippen LogP contribution in [0, 0.1) is 0 Å². The topological polar surface area (TPSA) is 46.3 Å². The highest BCUT2D eigenvalue weighted by Gasteiger charge is 2.27. The number of carbonyl (C=O) groups is 1. The molecule has 1 heterocycles. The third-order valence-corrected chi connectivity index (χ3v) is 3.80. The van der Waals surface area contributed by atoms with Crippen molar-refractivity contribution in [1.82, 2.24) is 0 Å². The van der Waals surface area contributed by atoms with E-state index in [1.54, 1.807) is 0 Å². The average Bonchev–Trinajstić information content (AvgIpc) is 2.54. The van der Waals surface area contributed by atoms with Crippen LogP contribution in [0.5, 0.6) is 0 Å². The molecule has 1 amide bonds. The molecule has 1 atom stereocenters. The number of nitrogens with two attached hydrogens (primary N) is 1. The van der Waals surface area contributed by atoms with E-state index in [1.165, 1.54) is 5.56 Å². The van der Waals surface area contributed by atoms with Gasteiger partial charge in [0.1, 0.15) is 6.04 Å². The summed E-state index contributed by atoms with van der Waals surface area (Å²) < 4.78 is 0. The number of hydrogen-bond acceptors (Lipinski definition) is 2. The van der Waals surface area contributed by atoms with Gasteiger partial charge in [-0.1, -0.05) is 48.5 Å². The normalized spacial score (nSPS) is 15.6. The van der Waals surface area contributed by atoms with Crippen molar-refractivity contribution in [2.45, 2.75) is 18.9 Å². The van der Waals surface area contributed by atoms with E-state index in [-0.39, 0.29) is 5.91 Å². The van der Waals surface area contributed by atoms with Crippen LogP contribution in [0.2, 0.25) is 0 Å². The Balaban J connectivity index is 1.89. The van der Waals surface area contributed by atoms with Gasteiger partial charge in [-0.15, -0.1) is 0 Å². The van der Waals surface area contributed by atoms with Crippen LogP contribution < -0.4 is 10.6 Å². The first-order valence-corrected chi connectivity index (χ1v) is 6.97. The molecule has 20 heavy (non-hydrogen) atoms. The smallest absolute Gasteiger partial charge is 0.248 e. The number of nitrogens with zero attached hydrogens (tertiary/aromatic N) is 1. The Bertz CT molecular complexity index is 609. The lowest BCUT2D eigenvalue weighted by Gasteiger charge is -2.31. The van der Waals surface area contributed by atoms with Crippen molar-refractivity contribution >= 4 is 11.6 Å². The number of hydrogen-bond donors (Lipinski definition) is 1. The van der Waals surface area contributed by atoms with Crippen LogP contribution in [0.4, 0.5) is 5.69 Å². The van der Waals surface area contributed by atoms with Crippen LogP contribution in [0.25, 0.3) is 0 Å². The zero-order valence-electron chi connectivity index (χ0n) is 11.3. The van der Waals surface area contributed by atoms with E-state index in [9.17, 15) is 4.79 Å². The van der Waals surface area contributed by atoms with Crippen LogP contribution in [0.15, 0.2) is 54.6 Å². The summed E-state index contributed by atoms with van der Waals surface area (Å²) >= 11 is 0. The number of para-hydroxylation sites is 1. The van der Waals surface area contributed by atoms with Crippen LogP contribution in [-0.4, -0.2) is 12.5 Å². The molecule has 3 heteroatoms. The fraction of sp³-hybridized carbons (Fsp3) is 0.235. The number of rotatable bonds is 2. The molecule has 2 aromatic rings. The standard InChI is InChI=1S/C17H18N2O/c18-16(14-8-2-1-3-9-14)17(20)19-12-6-10-13-7-4-5-11-15(13)19/h1-5,7-9,11,16H,6,10,12,18H2/t16-/m1/s1. The van der Waals surface area contributed by atoms with Gasteiger partial charge in [0.2, 0.25) is 5.91 Å². The molecule has 0 unspecified atom stereocenters. The van der Waals surface area contributed by atoms with E-state index in [0.717, 1.165) is 30.6 Å². The van der Waals surface area contributed by atoms with Crippen molar-refractivity contribution in [2.24, 2.45) is 5.73 Å². The first kappa shape index (κ1) is 12.9. The van der Waals surface area contributed by atoms with Gasteiger partial charge in [-0.2, -0.15) is 0 Å². The summed E-state index contributed by atoms with van der Waals surface area (Å²) in [5.74, 6) is -0.0247. The van der Waals surface area contributed by atoms with Crippen LogP contribution in [0.1, 0.15) is 23.6 Å². The van der Waals surface area contributed by atoms with E-state index in [1.807, 2.05) is 53.4 Å². The number of fused-ring (bicyclic) bond motifs is 1. The fourth-order valence-corrected chi connectivity index (χ4v) is 2.73. The Morgan fingerprint density at radius 2 is 1.75 bits per heavy atom. The summed E-state index contributed by atoms with van der Waals surface area (Å²) in [6.45, 7) is 0.746. The minimum absolute atomic E-state index is 0.0247. The van der Waals surface area contributed by atoms with Crippen molar-refractivity contribution < 1.29 is 4.79 Å². The summed E-state index contributed by atoms with van der Waals surface area (Å²) in [6, 6.07) is 17.0. The average molecular weight is 266 g/mol. The first-order valence-electron chi connectivity index (χ1n) is 6.97. The highest BCUT2D eigenvalue weighted by molar-refractivity contribution is 5.98. The Labute approximate surface area is 119 Å².